The van der Waals surface area contributed by atoms with Crippen molar-refractivity contribution in [1.29, 1.82) is 0 Å². The van der Waals surface area contributed by atoms with E-state index in [1.54, 1.807) is 11.0 Å². The average molecular weight is 430 g/mol. The van der Waals surface area contributed by atoms with Gasteiger partial charge < -0.3 is 9.88 Å². The van der Waals surface area contributed by atoms with E-state index >= 15 is 0 Å². The molecule has 0 radical (unpaired) electrons. The Kier molecular flexibility index (Phi) is 6.48. The van der Waals surface area contributed by atoms with Crippen molar-refractivity contribution in [2.24, 2.45) is 0 Å². The molecular weight excluding hydrogens is 406 g/mol. The Morgan fingerprint density at radius 2 is 1.61 bits per heavy atom. The van der Waals surface area contributed by atoms with Gasteiger partial charge in [-0.05, 0) is 36.8 Å². The van der Waals surface area contributed by atoms with E-state index in [9.17, 15) is 9.59 Å². The number of nitrogens with one attached hydrogen (secondary N) is 1. The minimum atomic E-state index is -0.393. The topological polar surface area (TPSA) is 66.1 Å². The number of carbonyl (C=O) groups is 1. The van der Waals surface area contributed by atoms with Crippen LogP contribution in [-0.2, 0) is 11.3 Å². The molecule has 4 aromatic rings. The number of amides is 1. The molecule has 0 bridgehead atoms. The standard InChI is InChI=1S/C25H23N3O2S/c1-2-28(17-22-26-21-16-10-9-15-20(21)24(29)27-22)25(30)23(18-11-5-3-6-12-18)31-19-13-7-4-8-14-19/h3-16,23H,2,17H2,1H3,(H,26,27,29). The van der Waals surface area contributed by atoms with Crippen LogP contribution in [0.3, 0.4) is 0 Å². The van der Waals surface area contributed by atoms with Gasteiger partial charge in [0.15, 0.2) is 0 Å². The van der Waals surface area contributed by atoms with Crippen molar-refractivity contribution in [3.05, 3.63) is 107 Å². The summed E-state index contributed by atoms with van der Waals surface area (Å²) in [5.41, 5.74) is 1.38. The maximum atomic E-state index is 13.6. The Hall–Kier alpha value is -3.38. The third kappa shape index (κ3) is 4.86. The Bertz CT molecular complexity index is 1230. The summed E-state index contributed by atoms with van der Waals surface area (Å²) in [7, 11) is 0. The van der Waals surface area contributed by atoms with E-state index in [4.69, 9.17) is 0 Å². The number of para-hydroxylation sites is 1. The lowest BCUT2D eigenvalue weighted by Gasteiger charge is -2.26. The summed E-state index contributed by atoms with van der Waals surface area (Å²) < 4.78 is 0. The Balaban J connectivity index is 1.64. The van der Waals surface area contributed by atoms with Crippen LogP contribution in [0, 0.1) is 0 Å². The zero-order chi connectivity index (χ0) is 21.6. The Morgan fingerprint density at radius 3 is 2.32 bits per heavy atom. The summed E-state index contributed by atoms with van der Waals surface area (Å²) >= 11 is 1.53. The second kappa shape index (κ2) is 9.62. The van der Waals surface area contributed by atoms with E-state index in [1.165, 1.54) is 11.8 Å². The second-order valence-electron chi connectivity index (χ2n) is 7.10. The van der Waals surface area contributed by atoms with Gasteiger partial charge in [-0.25, -0.2) is 4.98 Å². The molecule has 0 spiro atoms. The molecule has 6 heteroatoms. The number of likely N-dealkylation sites (N-methyl/N-ethyl adjacent to an activating group) is 1. The molecule has 4 rings (SSSR count). The van der Waals surface area contributed by atoms with Gasteiger partial charge in [0.25, 0.3) is 5.56 Å². The third-order valence-corrected chi connectivity index (χ3v) is 6.27. The van der Waals surface area contributed by atoms with Crippen molar-refractivity contribution >= 4 is 28.6 Å². The number of nitrogens with zero attached hydrogens (tertiary/aromatic N) is 2. The van der Waals surface area contributed by atoms with Gasteiger partial charge in [0.1, 0.15) is 11.1 Å². The SMILES string of the molecule is CCN(Cc1nc2ccccc2c(=O)[nH]1)C(=O)C(Sc1ccccc1)c1ccccc1. The van der Waals surface area contributed by atoms with E-state index < -0.39 is 5.25 Å². The summed E-state index contributed by atoms with van der Waals surface area (Å²) in [4.78, 5) is 36.2. The minimum absolute atomic E-state index is 0.0154. The van der Waals surface area contributed by atoms with Gasteiger partial charge in [0, 0.05) is 11.4 Å². The number of aromatic amines is 1. The van der Waals surface area contributed by atoms with Gasteiger partial charge in [-0.15, -0.1) is 11.8 Å². The van der Waals surface area contributed by atoms with E-state index in [2.05, 4.69) is 9.97 Å². The highest BCUT2D eigenvalue weighted by Crippen LogP contribution is 2.36. The Labute approximate surface area is 185 Å². The van der Waals surface area contributed by atoms with E-state index in [1.807, 2.05) is 85.8 Å². The van der Waals surface area contributed by atoms with Crippen LogP contribution in [0.2, 0.25) is 0 Å². The number of rotatable bonds is 7. The predicted molar refractivity (Wildman–Crippen MR) is 125 cm³/mol. The zero-order valence-corrected chi connectivity index (χ0v) is 18.0. The number of H-pyrrole nitrogens is 1. The van der Waals surface area contributed by atoms with Crippen LogP contribution in [0.15, 0.2) is 94.6 Å². The normalized spacial score (nSPS) is 11.9. The number of thioether (sulfide) groups is 1. The highest BCUT2D eigenvalue weighted by molar-refractivity contribution is 8.00. The lowest BCUT2D eigenvalue weighted by atomic mass is 10.1. The van der Waals surface area contributed by atoms with Crippen LogP contribution >= 0.6 is 11.8 Å². The fraction of sp³-hybridized carbons (Fsp3) is 0.160. The first-order valence-electron chi connectivity index (χ1n) is 10.2. The van der Waals surface area contributed by atoms with Gasteiger partial charge in [0.2, 0.25) is 5.91 Å². The van der Waals surface area contributed by atoms with Crippen LogP contribution in [0.25, 0.3) is 10.9 Å². The van der Waals surface area contributed by atoms with Crippen molar-refractivity contribution in [3.63, 3.8) is 0 Å². The van der Waals surface area contributed by atoms with Crippen molar-refractivity contribution in [2.45, 2.75) is 23.6 Å². The van der Waals surface area contributed by atoms with Gasteiger partial charge >= 0.3 is 0 Å². The zero-order valence-electron chi connectivity index (χ0n) is 17.2. The molecule has 1 heterocycles. The van der Waals surface area contributed by atoms with Crippen LogP contribution < -0.4 is 5.56 Å². The number of aromatic nitrogens is 2. The molecule has 0 aliphatic heterocycles. The maximum Gasteiger partial charge on any atom is 0.258 e. The van der Waals surface area contributed by atoms with E-state index in [0.29, 0.717) is 23.3 Å². The molecule has 1 unspecified atom stereocenters. The lowest BCUT2D eigenvalue weighted by Crippen LogP contribution is -2.34. The number of hydrogen-bond acceptors (Lipinski definition) is 4. The third-order valence-electron chi connectivity index (χ3n) is 5.02. The summed E-state index contributed by atoms with van der Waals surface area (Å²) in [5, 5.41) is 0.151. The fourth-order valence-electron chi connectivity index (χ4n) is 3.43. The molecule has 1 amide bonds. The molecule has 0 aliphatic carbocycles. The summed E-state index contributed by atoms with van der Waals surface area (Å²) in [6, 6.07) is 26.9. The molecule has 3 aromatic carbocycles. The van der Waals surface area contributed by atoms with Crippen LogP contribution in [-0.4, -0.2) is 27.3 Å². The number of carbonyl (C=O) groups excluding carboxylic acids is 1. The summed E-state index contributed by atoms with van der Waals surface area (Å²) in [6.45, 7) is 2.69. The maximum absolute atomic E-state index is 13.6. The monoisotopic (exact) mass is 429 g/mol. The average Bonchev–Trinajstić information content (AvgIpc) is 2.82. The van der Waals surface area contributed by atoms with Crippen LogP contribution in [0.4, 0.5) is 0 Å². The smallest absolute Gasteiger partial charge is 0.258 e. The quantitative estimate of drug-likeness (QED) is 0.428. The first kappa shape index (κ1) is 20.9. The van der Waals surface area contributed by atoms with Crippen molar-refractivity contribution in [3.8, 4) is 0 Å². The molecule has 156 valence electrons. The molecule has 0 fully saturated rings. The second-order valence-corrected chi connectivity index (χ2v) is 8.28. The highest BCUT2D eigenvalue weighted by Gasteiger charge is 2.27. The molecule has 0 saturated carbocycles. The van der Waals surface area contributed by atoms with Crippen LogP contribution in [0.5, 0.6) is 0 Å². The Morgan fingerprint density at radius 1 is 0.968 bits per heavy atom. The fourth-order valence-corrected chi connectivity index (χ4v) is 4.56. The molecule has 1 N–H and O–H groups in total. The van der Waals surface area contributed by atoms with E-state index in [-0.39, 0.29) is 18.0 Å². The molecule has 1 atom stereocenters. The molecule has 0 aliphatic rings. The minimum Gasteiger partial charge on any atom is -0.334 e. The largest absolute Gasteiger partial charge is 0.334 e. The number of benzene rings is 3. The summed E-state index contributed by atoms with van der Waals surface area (Å²) in [5.74, 6) is 0.466. The van der Waals surface area contributed by atoms with Crippen molar-refractivity contribution in [2.75, 3.05) is 6.54 Å². The van der Waals surface area contributed by atoms with Gasteiger partial charge in [-0.2, -0.15) is 0 Å². The highest BCUT2D eigenvalue weighted by atomic mass is 32.2. The van der Waals surface area contributed by atoms with E-state index in [0.717, 1.165) is 10.5 Å². The summed E-state index contributed by atoms with van der Waals surface area (Å²) in [6.07, 6.45) is 0. The first-order valence-corrected chi connectivity index (χ1v) is 11.1. The van der Waals surface area contributed by atoms with Crippen molar-refractivity contribution < 1.29 is 4.79 Å². The molecule has 31 heavy (non-hydrogen) atoms. The molecule has 1 aromatic heterocycles. The number of fused-ring (bicyclic) bond motifs is 1. The van der Waals surface area contributed by atoms with Crippen molar-refractivity contribution in [1.82, 2.24) is 14.9 Å². The molecular formula is C25H23N3O2S. The van der Waals surface area contributed by atoms with Gasteiger partial charge in [-0.1, -0.05) is 60.7 Å². The van der Waals surface area contributed by atoms with Gasteiger partial charge in [-0.3, -0.25) is 9.59 Å². The lowest BCUT2D eigenvalue weighted by molar-refractivity contribution is -0.131. The van der Waals surface area contributed by atoms with Gasteiger partial charge in [0.05, 0.1) is 17.4 Å². The first-order chi connectivity index (χ1) is 15.2. The number of hydrogen-bond donors (Lipinski definition) is 1. The predicted octanol–water partition coefficient (Wildman–Crippen LogP) is 4.81. The van der Waals surface area contributed by atoms with Crippen LogP contribution in [0.1, 0.15) is 23.6 Å². The molecule has 0 saturated heterocycles. The molecule has 5 nitrogen and oxygen atoms in total.